The van der Waals surface area contributed by atoms with Gasteiger partial charge in [-0.15, -0.1) is 0 Å². The number of benzene rings is 2. The van der Waals surface area contributed by atoms with Crippen LogP contribution in [-0.2, 0) is 16.1 Å². The monoisotopic (exact) mass is 253 g/mol. The van der Waals surface area contributed by atoms with Gasteiger partial charge in [0.2, 0.25) is 0 Å². The molecule has 0 bridgehead atoms. The standard InChI is InChI=1S/C16H15NO2/c18-16-15(14-9-5-2-6-10-14)19-12-17(16)11-13-7-3-1-4-8-13/h1-10,15H,11-12H2. The molecule has 0 aliphatic carbocycles. The molecule has 3 nitrogen and oxygen atoms in total. The largest absolute Gasteiger partial charge is 0.343 e. The van der Waals surface area contributed by atoms with Crippen LogP contribution in [-0.4, -0.2) is 17.5 Å². The predicted molar refractivity (Wildman–Crippen MR) is 72.1 cm³/mol. The fraction of sp³-hybridized carbons (Fsp3) is 0.188. The summed E-state index contributed by atoms with van der Waals surface area (Å²) >= 11 is 0. The normalized spacial score (nSPS) is 18.8. The number of hydrogen-bond acceptors (Lipinski definition) is 2. The first-order chi connectivity index (χ1) is 9.34. The van der Waals surface area contributed by atoms with Crippen molar-refractivity contribution < 1.29 is 9.53 Å². The fourth-order valence-corrected chi connectivity index (χ4v) is 2.26. The number of amides is 1. The molecule has 1 unspecified atom stereocenters. The van der Waals surface area contributed by atoms with Gasteiger partial charge < -0.3 is 9.64 Å². The Hall–Kier alpha value is -2.13. The van der Waals surface area contributed by atoms with Crippen molar-refractivity contribution in [1.29, 1.82) is 0 Å². The van der Waals surface area contributed by atoms with Crippen LogP contribution in [0.3, 0.4) is 0 Å². The fourth-order valence-electron chi connectivity index (χ4n) is 2.26. The van der Waals surface area contributed by atoms with Crippen LogP contribution >= 0.6 is 0 Å². The molecule has 0 spiro atoms. The van der Waals surface area contributed by atoms with E-state index in [0.29, 0.717) is 13.3 Å². The van der Waals surface area contributed by atoms with E-state index in [-0.39, 0.29) is 5.91 Å². The second-order valence-corrected chi connectivity index (χ2v) is 4.61. The number of hydrogen-bond donors (Lipinski definition) is 0. The average Bonchev–Trinajstić information content (AvgIpc) is 2.82. The van der Waals surface area contributed by atoms with E-state index in [1.54, 1.807) is 4.90 Å². The van der Waals surface area contributed by atoms with Crippen molar-refractivity contribution in [2.75, 3.05) is 6.73 Å². The molecule has 0 aromatic heterocycles. The first-order valence-electron chi connectivity index (χ1n) is 6.34. The Morgan fingerprint density at radius 1 is 1.00 bits per heavy atom. The molecule has 96 valence electrons. The lowest BCUT2D eigenvalue weighted by atomic mass is 10.1. The van der Waals surface area contributed by atoms with Gasteiger partial charge >= 0.3 is 0 Å². The minimum Gasteiger partial charge on any atom is -0.343 e. The Balaban J connectivity index is 1.73. The van der Waals surface area contributed by atoms with Crippen LogP contribution in [0.15, 0.2) is 60.7 Å². The van der Waals surface area contributed by atoms with Gasteiger partial charge in [0.05, 0.1) is 0 Å². The number of carbonyl (C=O) groups is 1. The van der Waals surface area contributed by atoms with Gasteiger partial charge in [-0.2, -0.15) is 0 Å². The van der Waals surface area contributed by atoms with Gasteiger partial charge in [-0.05, 0) is 11.1 Å². The summed E-state index contributed by atoms with van der Waals surface area (Å²) in [5.74, 6) is 0.0371. The highest BCUT2D eigenvalue weighted by Crippen LogP contribution is 2.26. The van der Waals surface area contributed by atoms with E-state index in [1.807, 2.05) is 60.7 Å². The lowest BCUT2D eigenvalue weighted by Gasteiger charge is -2.14. The third-order valence-electron chi connectivity index (χ3n) is 3.25. The van der Waals surface area contributed by atoms with E-state index in [4.69, 9.17) is 4.74 Å². The van der Waals surface area contributed by atoms with Gasteiger partial charge in [0.25, 0.3) is 5.91 Å². The lowest BCUT2D eigenvalue weighted by Crippen LogP contribution is -2.26. The molecule has 1 amide bonds. The smallest absolute Gasteiger partial charge is 0.258 e. The minimum absolute atomic E-state index is 0.0371. The lowest BCUT2D eigenvalue weighted by molar-refractivity contribution is -0.130. The van der Waals surface area contributed by atoms with Gasteiger partial charge in [0.15, 0.2) is 6.10 Å². The molecule has 2 aromatic carbocycles. The van der Waals surface area contributed by atoms with Crippen molar-refractivity contribution in [3.63, 3.8) is 0 Å². The molecule has 3 rings (SSSR count). The zero-order chi connectivity index (χ0) is 13.1. The van der Waals surface area contributed by atoms with Gasteiger partial charge in [-0.1, -0.05) is 60.7 Å². The molecule has 0 saturated carbocycles. The topological polar surface area (TPSA) is 29.5 Å². The quantitative estimate of drug-likeness (QED) is 0.841. The summed E-state index contributed by atoms with van der Waals surface area (Å²) in [4.78, 5) is 14.1. The molecule has 3 heteroatoms. The zero-order valence-corrected chi connectivity index (χ0v) is 10.5. The summed E-state index contributed by atoms with van der Waals surface area (Å²) in [5.41, 5.74) is 2.04. The number of carbonyl (C=O) groups excluding carboxylic acids is 1. The van der Waals surface area contributed by atoms with E-state index >= 15 is 0 Å². The molecule has 1 aliphatic heterocycles. The van der Waals surface area contributed by atoms with E-state index in [2.05, 4.69) is 0 Å². The average molecular weight is 253 g/mol. The van der Waals surface area contributed by atoms with Gasteiger partial charge in [0, 0.05) is 6.54 Å². The Labute approximate surface area is 112 Å². The maximum absolute atomic E-state index is 12.3. The predicted octanol–water partition coefficient (Wildman–Crippen LogP) is 2.74. The third kappa shape index (κ3) is 2.51. The summed E-state index contributed by atoms with van der Waals surface area (Å²) in [7, 11) is 0. The van der Waals surface area contributed by atoms with Crippen LogP contribution < -0.4 is 0 Å². The van der Waals surface area contributed by atoms with Crippen molar-refractivity contribution in [3.05, 3.63) is 71.8 Å². The van der Waals surface area contributed by atoms with Crippen molar-refractivity contribution in [2.24, 2.45) is 0 Å². The van der Waals surface area contributed by atoms with Crippen LogP contribution in [0.5, 0.6) is 0 Å². The molecule has 1 fully saturated rings. The zero-order valence-electron chi connectivity index (χ0n) is 10.5. The van der Waals surface area contributed by atoms with E-state index < -0.39 is 6.10 Å². The van der Waals surface area contributed by atoms with E-state index in [1.165, 1.54) is 0 Å². The first kappa shape index (κ1) is 11.9. The highest BCUT2D eigenvalue weighted by molar-refractivity contribution is 5.83. The Kier molecular flexibility index (Phi) is 3.29. The maximum atomic E-state index is 12.3. The summed E-state index contributed by atoms with van der Waals surface area (Å²) in [6.45, 7) is 0.955. The Bertz CT molecular complexity index is 553. The van der Waals surface area contributed by atoms with Gasteiger partial charge in [-0.3, -0.25) is 4.79 Å². The molecule has 0 N–H and O–H groups in total. The molecule has 19 heavy (non-hydrogen) atoms. The van der Waals surface area contributed by atoms with E-state index in [9.17, 15) is 4.79 Å². The summed E-state index contributed by atoms with van der Waals surface area (Å²) in [6, 6.07) is 19.6. The van der Waals surface area contributed by atoms with Crippen molar-refractivity contribution >= 4 is 5.91 Å². The van der Waals surface area contributed by atoms with Crippen LogP contribution in [0.1, 0.15) is 17.2 Å². The highest BCUT2D eigenvalue weighted by Gasteiger charge is 2.33. The van der Waals surface area contributed by atoms with Crippen LogP contribution in [0.25, 0.3) is 0 Å². The van der Waals surface area contributed by atoms with Crippen molar-refractivity contribution in [2.45, 2.75) is 12.6 Å². The number of rotatable bonds is 3. The first-order valence-corrected chi connectivity index (χ1v) is 6.34. The number of ether oxygens (including phenoxy) is 1. The molecule has 1 aliphatic rings. The molecule has 1 atom stereocenters. The molecular weight excluding hydrogens is 238 g/mol. The summed E-state index contributed by atoms with van der Waals surface area (Å²) < 4.78 is 5.61. The third-order valence-corrected chi connectivity index (χ3v) is 3.25. The second kappa shape index (κ2) is 5.24. The maximum Gasteiger partial charge on any atom is 0.258 e. The van der Waals surface area contributed by atoms with Crippen LogP contribution in [0.2, 0.25) is 0 Å². The Morgan fingerprint density at radius 2 is 1.63 bits per heavy atom. The molecule has 1 heterocycles. The molecule has 1 saturated heterocycles. The van der Waals surface area contributed by atoms with Crippen molar-refractivity contribution in [1.82, 2.24) is 4.90 Å². The van der Waals surface area contributed by atoms with Crippen molar-refractivity contribution in [3.8, 4) is 0 Å². The summed E-state index contributed by atoms with van der Waals surface area (Å²) in [6.07, 6.45) is -0.454. The SMILES string of the molecule is O=C1C(c2ccccc2)OCN1Cc1ccccc1. The van der Waals surface area contributed by atoms with E-state index in [0.717, 1.165) is 11.1 Å². The van der Waals surface area contributed by atoms with Crippen LogP contribution in [0.4, 0.5) is 0 Å². The second-order valence-electron chi connectivity index (χ2n) is 4.61. The molecule has 0 radical (unpaired) electrons. The number of nitrogens with zero attached hydrogens (tertiary/aromatic N) is 1. The Morgan fingerprint density at radius 3 is 2.32 bits per heavy atom. The van der Waals surface area contributed by atoms with Gasteiger partial charge in [-0.25, -0.2) is 0 Å². The summed E-state index contributed by atoms with van der Waals surface area (Å²) in [5, 5.41) is 0. The molecular formula is C16H15NO2. The molecule has 2 aromatic rings. The van der Waals surface area contributed by atoms with Crippen LogP contribution in [0, 0.1) is 0 Å². The van der Waals surface area contributed by atoms with Gasteiger partial charge in [0.1, 0.15) is 6.73 Å². The minimum atomic E-state index is -0.454. The highest BCUT2D eigenvalue weighted by atomic mass is 16.5.